The van der Waals surface area contributed by atoms with Crippen molar-refractivity contribution in [3.63, 3.8) is 0 Å². The second-order valence-electron chi connectivity index (χ2n) is 8.88. The number of rotatable bonds is 8. The van der Waals surface area contributed by atoms with Crippen LogP contribution >= 0.6 is 0 Å². The van der Waals surface area contributed by atoms with E-state index >= 15 is 0 Å². The van der Waals surface area contributed by atoms with Crippen LogP contribution < -0.4 is 5.73 Å². The predicted molar refractivity (Wildman–Crippen MR) is 121 cm³/mol. The van der Waals surface area contributed by atoms with E-state index in [2.05, 4.69) is 23.1 Å². The molecule has 0 aliphatic carbocycles. The van der Waals surface area contributed by atoms with Gasteiger partial charge in [0.1, 0.15) is 0 Å². The highest BCUT2D eigenvalue weighted by Crippen LogP contribution is 2.43. The number of esters is 1. The van der Waals surface area contributed by atoms with Crippen LogP contribution in [0.25, 0.3) is 0 Å². The summed E-state index contributed by atoms with van der Waals surface area (Å²) in [6.45, 7) is 3.03. The fourth-order valence-corrected chi connectivity index (χ4v) is 5.43. The van der Waals surface area contributed by atoms with Crippen molar-refractivity contribution in [2.45, 2.75) is 57.0 Å². The first-order valence-corrected chi connectivity index (χ1v) is 11.4. The van der Waals surface area contributed by atoms with Gasteiger partial charge in [-0.05, 0) is 68.2 Å². The van der Waals surface area contributed by atoms with E-state index in [0.717, 1.165) is 32.2 Å². The van der Waals surface area contributed by atoms with Crippen LogP contribution in [-0.4, -0.2) is 42.0 Å². The molecule has 5 heteroatoms. The van der Waals surface area contributed by atoms with Crippen molar-refractivity contribution in [2.75, 3.05) is 13.2 Å². The molecule has 2 saturated heterocycles. The van der Waals surface area contributed by atoms with Crippen molar-refractivity contribution < 1.29 is 14.3 Å². The van der Waals surface area contributed by atoms with Gasteiger partial charge in [0.25, 0.3) is 0 Å². The molecular weight excluding hydrogens is 388 g/mol. The van der Waals surface area contributed by atoms with Gasteiger partial charge in [0.15, 0.2) is 0 Å². The molecule has 31 heavy (non-hydrogen) atoms. The van der Waals surface area contributed by atoms with E-state index in [1.165, 1.54) is 11.1 Å². The number of carbonyl (C=O) groups excluding carboxylic acids is 2. The summed E-state index contributed by atoms with van der Waals surface area (Å²) < 4.78 is 5.43. The van der Waals surface area contributed by atoms with Gasteiger partial charge in [0, 0.05) is 24.2 Å². The van der Waals surface area contributed by atoms with Crippen molar-refractivity contribution in [2.24, 2.45) is 11.7 Å². The van der Waals surface area contributed by atoms with Crippen LogP contribution in [0.3, 0.4) is 0 Å². The topological polar surface area (TPSA) is 72.6 Å². The highest BCUT2D eigenvalue weighted by Gasteiger charge is 2.42. The van der Waals surface area contributed by atoms with Gasteiger partial charge in [-0.3, -0.25) is 14.5 Å². The largest absolute Gasteiger partial charge is 0.466 e. The van der Waals surface area contributed by atoms with E-state index in [9.17, 15) is 9.59 Å². The Hall–Kier alpha value is -2.66. The number of fused-ring (bicyclic) bond motifs is 2. The molecular formula is C26H32N2O3. The summed E-state index contributed by atoms with van der Waals surface area (Å²) in [5.74, 6) is -0.189. The van der Waals surface area contributed by atoms with Gasteiger partial charge in [0.05, 0.1) is 12.5 Å². The number of piperidine rings is 1. The normalized spacial score (nSPS) is 24.0. The van der Waals surface area contributed by atoms with Crippen LogP contribution in [0.15, 0.2) is 54.6 Å². The third-order valence-corrected chi connectivity index (χ3v) is 6.90. The number of benzene rings is 2. The standard InChI is InChI=1S/C26H32N2O3/c1-2-31-26(30)22(13-18-7-4-3-5-8-18)17-28-23-11-12-24(28)16-21(15-23)19-9-6-10-20(14-19)25(27)29/h3-10,14,21-24H,2,11-13,15-17H2,1H3,(H2,27,29)/t21?,22?,23-,24+. The van der Waals surface area contributed by atoms with Crippen LogP contribution in [0, 0.1) is 5.92 Å². The molecule has 0 spiro atoms. The minimum Gasteiger partial charge on any atom is -0.466 e. The van der Waals surface area contributed by atoms with Crippen LogP contribution in [0.2, 0.25) is 0 Å². The molecule has 2 bridgehead atoms. The molecule has 2 heterocycles. The van der Waals surface area contributed by atoms with Gasteiger partial charge in [-0.25, -0.2) is 0 Å². The Bertz CT molecular complexity index is 900. The van der Waals surface area contributed by atoms with E-state index < -0.39 is 0 Å². The van der Waals surface area contributed by atoms with Gasteiger partial charge < -0.3 is 10.5 Å². The molecule has 2 fully saturated rings. The number of amides is 1. The van der Waals surface area contributed by atoms with Crippen molar-refractivity contribution in [3.8, 4) is 0 Å². The van der Waals surface area contributed by atoms with E-state index in [0.29, 0.717) is 36.6 Å². The van der Waals surface area contributed by atoms with E-state index in [4.69, 9.17) is 10.5 Å². The quantitative estimate of drug-likeness (QED) is 0.657. The van der Waals surface area contributed by atoms with Crippen LogP contribution in [-0.2, 0) is 16.0 Å². The lowest BCUT2D eigenvalue weighted by atomic mass is 9.83. The van der Waals surface area contributed by atoms with Gasteiger partial charge >= 0.3 is 5.97 Å². The zero-order valence-corrected chi connectivity index (χ0v) is 18.2. The molecule has 2 aromatic rings. The first kappa shape index (κ1) is 21.6. The molecule has 2 aliphatic rings. The van der Waals surface area contributed by atoms with Crippen LogP contribution in [0.4, 0.5) is 0 Å². The van der Waals surface area contributed by atoms with E-state index in [-0.39, 0.29) is 17.8 Å². The predicted octanol–water partition coefficient (Wildman–Crippen LogP) is 3.92. The minimum atomic E-state index is -0.375. The SMILES string of the molecule is CCOC(=O)C(Cc1ccccc1)CN1[C@@H]2CC[C@H]1CC(c1cccc(C(N)=O)c1)C2. The Labute approximate surface area is 184 Å². The maximum atomic E-state index is 12.7. The van der Waals surface area contributed by atoms with Crippen LogP contribution in [0.5, 0.6) is 0 Å². The highest BCUT2D eigenvalue weighted by molar-refractivity contribution is 5.92. The molecule has 2 unspecified atom stereocenters. The molecule has 2 N–H and O–H groups in total. The summed E-state index contributed by atoms with van der Waals surface area (Å²) in [4.78, 5) is 26.9. The molecule has 0 radical (unpaired) electrons. The highest BCUT2D eigenvalue weighted by atomic mass is 16.5. The molecule has 1 amide bonds. The third-order valence-electron chi connectivity index (χ3n) is 6.90. The average Bonchev–Trinajstić information content (AvgIpc) is 3.00. The Morgan fingerprint density at radius 2 is 1.77 bits per heavy atom. The van der Waals surface area contributed by atoms with Crippen LogP contribution in [0.1, 0.15) is 60.0 Å². The maximum absolute atomic E-state index is 12.7. The summed E-state index contributed by atoms with van der Waals surface area (Å²) >= 11 is 0. The minimum absolute atomic E-state index is 0.0953. The number of carbonyl (C=O) groups is 2. The molecule has 0 saturated carbocycles. The number of nitrogens with zero attached hydrogens (tertiary/aromatic N) is 1. The summed E-state index contributed by atoms with van der Waals surface area (Å²) in [6.07, 6.45) is 5.15. The fourth-order valence-electron chi connectivity index (χ4n) is 5.43. The third kappa shape index (κ3) is 4.99. The van der Waals surface area contributed by atoms with E-state index in [1.807, 2.05) is 37.3 Å². The lowest BCUT2D eigenvalue weighted by Gasteiger charge is -2.40. The summed E-state index contributed by atoms with van der Waals surface area (Å²) in [5.41, 5.74) is 8.44. The fraction of sp³-hybridized carbons (Fsp3) is 0.462. The lowest BCUT2D eigenvalue weighted by molar-refractivity contribution is -0.149. The zero-order chi connectivity index (χ0) is 21.8. The molecule has 4 atom stereocenters. The number of nitrogens with two attached hydrogens (primary N) is 1. The van der Waals surface area contributed by atoms with Crippen molar-refractivity contribution >= 4 is 11.9 Å². The zero-order valence-electron chi connectivity index (χ0n) is 18.2. The average molecular weight is 421 g/mol. The molecule has 2 aromatic carbocycles. The van der Waals surface area contributed by atoms with Gasteiger partial charge in [-0.2, -0.15) is 0 Å². The van der Waals surface area contributed by atoms with Gasteiger partial charge in [-0.15, -0.1) is 0 Å². The first-order valence-electron chi connectivity index (χ1n) is 11.4. The first-order chi connectivity index (χ1) is 15.0. The number of ether oxygens (including phenoxy) is 1. The smallest absolute Gasteiger partial charge is 0.310 e. The monoisotopic (exact) mass is 420 g/mol. The molecule has 0 aromatic heterocycles. The second-order valence-corrected chi connectivity index (χ2v) is 8.88. The summed E-state index contributed by atoms with van der Waals surface area (Å²) in [7, 11) is 0. The van der Waals surface area contributed by atoms with Gasteiger partial charge in [-0.1, -0.05) is 42.5 Å². The van der Waals surface area contributed by atoms with Crippen molar-refractivity contribution in [1.29, 1.82) is 0 Å². The number of hydrogen-bond donors (Lipinski definition) is 1. The van der Waals surface area contributed by atoms with Crippen molar-refractivity contribution in [3.05, 3.63) is 71.3 Å². The Balaban J connectivity index is 1.47. The van der Waals surface area contributed by atoms with E-state index in [1.54, 1.807) is 6.07 Å². The number of hydrogen-bond acceptors (Lipinski definition) is 4. The Morgan fingerprint density at radius 3 is 2.42 bits per heavy atom. The van der Waals surface area contributed by atoms with Crippen molar-refractivity contribution in [1.82, 2.24) is 4.90 Å². The lowest BCUT2D eigenvalue weighted by Crippen LogP contribution is -2.46. The Kier molecular flexibility index (Phi) is 6.71. The summed E-state index contributed by atoms with van der Waals surface area (Å²) in [6, 6.07) is 18.9. The summed E-state index contributed by atoms with van der Waals surface area (Å²) in [5, 5.41) is 0. The Morgan fingerprint density at radius 1 is 1.06 bits per heavy atom. The molecule has 4 rings (SSSR count). The molecule has 164 valence electrons. The van der Waals surface area contributed by atoms with Gasteiger partial charge in [0.2, 0.25) is 5.91 Å². The molecule has 2 aliphatic heterocycles. The second kappa shape index (κ2) is 9.65. The molecule has 5 nitrogen and oxygen atoms in total. The number of primary amides is 1. The maximum Gasteiger partial charge on any atom is 0.310 e.